The standard InChI is InChI=1S/C21H27FN4O/c1-3-7-20-18(12-23-15-24-20)21(27)25(2)17-9-6-11-26(14-17)13-16-8-4-5-10-19(16)22/h4-5,8,10,12,15,17H,3,6-7,9,11,13-14H2,1-2H3/t17-/m0/s1. The van der Waals surface area contributed by atoms with E-state index >= 15 is 0 Å². The fraction of sp³-hybridized carbons (Fsp3) is 0.476. The van der Waals surface area contributed by atoms with Gasteiger partial charge in [-0.2, -0.15) is 0 Å². The van der Waals surface area contributed by atoms with Crippen LogP contribution < -0.4 is 0 Å². The molecule has 27 heavy (non-hydrogen) atoms. The smallest absolute Gasteiger partial charge is 0.257 e. The number of benzene rings is 1. The predicted molar refractivity (Wildman–Crippen MR) is 103 cm³/mol. The van der Waals surface area contributed by atoms with E-state index in [0.29, 0.717) is 17.7 Å². The van der Waals surface area contributed by atoms with Crippen LogP contribution in [0.1, 0.15) is 47.8 Å². The van der Waals surface area contributed by atoms with Crippen molar-refractivity contribution in [3.05, 3.63) is 59.4 Å². The van der Waals surface area contributed by atoms with Gasteiger partial charge in [-0.05, 0) is 31.9 Å². The SMILES string of the molecule is CCCc1ncncc1C(=O)N(C)[C@H]1CCCN(Cc2ccccc2F)C1. The Balaban J connectivity index is 1.68. The van der Waals surface area contributed by atoms with Gasteiger partial charge in [-0.25, -0.2) is 14.4 Å². The van der Waals surface area contributed by atoms with Gasteiger partial charge in [0, 0.05) is 37.9 Å². The Kier molecular flexibility index (Phi) is 6.50. The maximum atomic E-state index is 14.0. The molecule has 0 spiro atoms. The van der Waals surface area contributed by atoms with Crippen LogP contribution in [-0.2, 0) is 13.0 Å². The number of likely N-dealkylation sites (tertiary alicyclic amines) is 1. The van der Waals surface area contributed by atoms with E-state index in [4.69, 9.17) is 0 Å². The number of amides is 1. The molecule has 0 bridgehead atoms. The van der Waals surface area contributed by atoms with Crippen molar-refractivity contribution in [3.8, 4) is 0 Å². The largest absolute Gasteiger partial charge is 0.337 e. The molecule has 2 aromatic rings. The van der Waals surface area contributed by atoms with E-state index in [1.54, 1.807) is 12.3 Å². The van der Waals surface area contributed by atoms with Crippen molar-refractivity contribution < 1.29 is 9.18 Å². The summed E-state index contributed by atoms with van der Waals surface area (Å²) in [4.78, 5) is 25.4. The Morgan fingerprint density at radius 1 is 1.37 bits per heavy atom. The lowest BCUT2D eigenvalue weighted by atomic mass is 10.0. The molecule has 1 aromatic carbocycles. The van der Waals surface area contributed by atoms with Crippen LogP contribution in [0.25, 0.3) is 0 Å². The molecule has 6 heteroatoms. The van der Waals surface area contributed by atoms with Crippen molar-refractivity contribution in [2.75, 3.05) is 20.1 Å². The summed E-state index contributed by atoms with van der Waals surface area (Å²) in [7, 11) is 1.85. The molecular formula is C21H27FN4O. The average Bonchev–Trinajstić information content (AvgIpc) is 2.69. The first-order chi connectivity index (χ1) is 13.1. The van der Waals surface area contributed by atoms with E-state index in [1.807, 2.05) is 24.1 Å². The van der Waals surface area contributed by atoms with Gasteiger partial charge >= 0.3 is 0 Å². The summed E-state index contributed by atoms with van der Waals surface area (Å²) in [6, 6.07) is 7.00. The van der Waals surface area contributed by atoms with Gasteiger partial charge in [-0.1, -0.05) is 31.5 Å². The molecule has 0 unspecified atom stereocenters. The number of nitrogens with zero attached hydrogens (tertiary/aromatic N) is 4. The minimum Gasteiger partial charge on any atom is -0.337 e. The van der Waals surface area contributed by atoms with Crippen molar-refractivity contribution >= 4 is 5.91 Å². The molecule has 1 amide bonds. The molecule has 1 aliphatic heterocycles. The second-order valence-electron chi connectivity index (χ2n) is 7.17. The van der Waals surface area contributed by atoms with Gasteiger partial charge in [0.05, 0.1) is 11.3 Å². The number of aryl methyl sites for hydroxylation is 1. The summed E-state index contributed by atoms with van der Waals surface area (Å²) in [5.41, 5.74) is 2.10. The zero-order valence-electron chi connectivity index (χ0n) is 16.1. The quantitative estimate of drug-likeness (QED) is 0.783. The summed E-state index contributed by atoms with van der Waals surface area (Å²) in [6.45, 7) is 4.30. The first-order valence-corrected chi connectivity index (χ1v) is 9.62. The normalized spacial score (nSPS) is 17.7. The Morgan fingerprint density at radius 2 is 2.19 bits per heavy atom. The van der Waals surface area contributed by atoms with Crippen LogP contribution in [0, 0.1) is 5.82 Å². The molecule has 1 aromatic heterocycles. The Labute approximate surface area is 160 Å². The van der Waals surface area contributed by atoms with Gasteiger partial charge in [0.2, 0.25) is 0 Å². The number of piperidine rings is 1. The molecule has 5 nitrogen and oxygen atoms in total. The van der Waals surface area contributed by atoms with Crippen LogP contribution >= 0.6 is 0 Å². The van der Waals surface area contributed by atoms with Crippen LogP contribution in [0.15, 0.2) is 36.8 Å². The van der Waals surface area contributed by atoms with Crippen molar-refractivity contribution in [2.24, 2.45) is 0 Å². The highest BCUT2D eigenvalue weighted by molar-refractivity contribution is 5.95. The molecule has 0 aliphatic carbocycles. The Morgan fingerprint density at radius 3 is 2.96 bits per heavy atom. The molecule has 144 valence electrons. The monoisotopic (exact) mass is 370 g/mol. The van der Waals surface area contributed by atoms with E-state index in [2.05, 4.69) is 21.8 Å². The predicted octanol–water partition coefficient (Wildman–Crippen LogP) is 3.30. The fourth-order valence-corrected chi connectivity index (χ4v) is 3.68. The van der Waals surface area contributed by atoms with Crippen LogP contribution in [0.2, 0.25) is 0 Å². The zero-order chi connectivity index (χ0) is 19.2. The van der Waals surface area contributed by atoms with Gasteiger partial charge in [-0.3, -0.25) is 9.69 Å². The third kappa shape index (κ3) is 4.69. The van der Waals surface area contributed by atoms with Crippen LogP contribution in [0.5, 0.6) is 0 Å². The van der Waals surface area contributed by atoms with E-state index in [0.717, 1.165) is 44.5 Å². The number of carbonyl (C=O) groups excluding carboxylic acids is 1. The number of hydrogen-bond acceptors (Lipinski definition) is 4. The molecule has 1 atom stereocenters. The third-order valence-corrected chi connectivity index (χ3v) is 5.21. The molecule has 0 radical (unpaired) electrons. The number of likely N-dealkylation sites (N-methyl/N-ethyl adjacent to an activating group) is 1. The van der Waals surface area contributed by atoms with Crippen LogP contribution in [0.4, 0.5) is 4.39 Å². The summed E-state index contributed by atoms with van der Waals surface area (Å²) in [5, 5.41) is 0. The number of carbonyl (C=O) groups is 1. The third-order valence-electron chi connectivity index (χ3n) is 5.21. The van der Waals surface area contributed by atoms with Gasteiger partial charge in [0.25, 0.3) is 5.91 Å². The summed E-state index contributed by atoms with van der Waals surface area (Å²) in [5.74, 6) is -0.202. The van der Waals surface area contributed by atoms with E-state index in [-0.39, 0.29) is 17.8 Å². The lowest BCUT2D eigenvalue weighted by molar-refractivity contribution is 0.0606. The van der Waals surface area contributed by atoms with Crippen molar-refractivity contribution in [3.63, 3.8) is 0 Å². The number of aromatic nitrogens is 2. The molecule has 1 saturated heterocycles. The number of hydrogen-bond donors (Lipinski definition) is 0. The van der Waals surface area contributed by atoms with Gasteiger partial charge in [0.15, 0.2) is 0 Å². The Bertz CT molecular complexity index is 782. The molecular weight excluding hydrogens is 343 g/mol. The van der Waals surface area contributed by atoms with Crippen LogP contribution in [0.3, 0.4) is 0 Å². The van der Waals surface area contributed by atoms with E-state index in [9.17, 15) is 9.18 Å². The fourth-order valence-electron chi connectivity index (χ4n) is 3.68. The summed E-state index contributed by atoms with van der Waals surface area (Å²) >= 11 is 0. The lowest BCUT2D eigenvalue weighted by Gasteiger charge is -2.37. The maximum absolute atomic E-state index is 14.0. The first-order valence-electron chi connectivity index (χ1n) is 9.62. The van der Waals surface area contributed by atoms with Crippen molar-refractivity contribution in [2.45, 2.75) is 45.2 Å². The molecule has 3 rings (SSSR count). The van der Waals surface area contributed by atoms with Crippen LogP contribution in [-0.4, -0.2) is 51.9 Å². The highest BCUT2D eigenvalue weighted by Crippen LogP contribution is 2.20. The molecule has 1 aliphatic rings. The summed E-state index contributed by atoms with van der Waals surface area (Å²) < 4.78 is 14.0. The maximum Gasteiger partial charge on any atom is 0.257 e. The molecule has 0 N–H and O–H groups in total. The number of rotatable bonds is 6. The zero-order valence-corrected chi connectivity index (χ0v) is 16.1. The van der Waals surface area contributed by atoms with E-state index in [1.165, 1.54) is 12.4 Å². The van der Waals surface area contributed by atoms with Gasteiger partial charge in [0.1, 0.15) is 12.1 Å². The minimum absolute atomic E-state index is 0.0307. The molecule has 1 fully saturated rings. The van der Waals surface area contributed by atoms with E-state index < -0.39 is 0 Å². The minimum atomic E-state index is -0.172. The van der Waals surface area contributed by atoms with Gasteiger partial charge < -0.3 is 4.90 Å². The topological polar surface area (TPSA) is 49.3 Å². The van der Waals surface area contributed by atoms with Crippen molar-refractivity contribution in [1.29, 1.82) is 0 Å². The molecule has 0 saturated carbocycles. The highest BCUT2D eigenvalue weighted by atomic mass is 19.1. The molecule has 2 heterocycles. The average molecular weight is 370 g/mol. The van der Waals surface area contributed by atoms with Gasteiger partial charge in [-0.15, -0.1) is 0 Å². The Hall–Kier alpha value is -2.34. The van der Waals surface area contributed by atoms with Crippen molar-refractivity contribution in [1.82, 2.24) is 19.8 Å². The summed E-state index contributed by atoms with van der Waals surface area (Å²) in [6.07, 6.45) is 6.76. The second kappa shape index (κ2) is 9.04. The number of halogens is 1. The second-order valence-corrected chi connectivity index (χ2v) is 7.17. The lowest BCUT2D eigenvalue weighted by Crippen LogP contribution is -2.48. The first kappa shape index (κ1) is 19.4. The highest BCUT2D eigenvalue weighted by Gasteiger charge is 2.28.